The summed E-state index contributed by atoms with van der Waals surface area (Å²) in [5, 5.41) is 3.24. The third kappa shape index (κ3) is 7.22. The highest BCUT2D eigenvalue weighted by atomic mass is 19.4. The van der Waals surface area contributed by atoms with Crippen molar-refractivity contribution >= 4 is 0 Å². The van der Waals surface area contributed by atoms with Crippen LogP contribution in [0.25, 0.3) is 0 Å². The highest BCUT2D eigenvalue weighted by molar-refractivity contribution is 5.40. The van der Waals surface area contributed by atoms with Crippen LogP contribution in [-0.2, 0) is 6.54 Å². The maximum Gasteiger partial charge on any atom is 0.389 e. The Kier molecular flexibility index (Phi) is 7.36. The molecule has 0 aliphatic heterocycles. The normalized spacial score (nSPS) is 11.5. The summed E-state index contributed by atoms with van der Waals surface area (Å²) in [6.07, 6.45) is -4.00. The lowest BCUT2D eigenvalue weighted by molar-refractivity contribution is -0.136. The van der Waals surface area contributed by atoms with Gasteiger partial charge in [0.25, 0.3) is 0 Å². The number of alkyl halides is 3. The van der Waals surface area contributed by atoms with E-state index in [4.69, 9.17) is 9.47 Å². The number of nitrogens with one attached hydrogen (secondary N) is 1. The molecule has 0 heterocycles. The van der Waals surface area contributed by atoms with Gasteiger partial charge in [0, 0.05) is 18.5 Å². The maximum absolute atomic E-state index is 12.1. The van der Waals surface area contributed by atoms with Gasteiger partial charge in [-0.15, -0.1) is 0 Å². The van der Waals surface area contributed by atoms with Crippen LogP contribution < -0.4 is 14.8 Å². The van der Waals surface area contributed by atoms with Crippen LogP contribution in [0.3, 0.4) is 0 Å². The molecule has 0 unspecified atom stereocenters. The Hall–Kier alpha value is -1.43. The first-order valence-electron chi connectivity index (χ1n) is 7.03. The molecular formula is C15H22F3NO2. The standard InChI is InChI=1S/C15H22F3NO2/c1-3-8-19-11-12-10-13(20-2)5-6-14(12)21-9-4-7-15(16,17)18/h5-6,10,19H,3-4,7-9,11H2,1-2H3. The summed E-state index contributed by atoms with van der Waals surface area (Å²) < 4.78 is 46.9. The molecule has 3 nitrogen and oxygen atoms in total. The Balaban J connectivity index is 2.58. The summed E-state index contributed by atoms with van der Waals surface area (Å²) in [6, 6.07) is 5.31. The second-order valence-electron chi connectivity index (χ2n) is 4.72. The SMILES string of the molecule is CCCNCc1cc(OC)ccc1OCCCC(F)(F)F. The van der Waals surface area contributed by atoms with Gasteiger partial charge in [-0.25, -0.2) is 0 Å². The maximum atomic E-state index is 12.1. The molecule has 0 radical (unpaired) electrons. The fraction of sp³-hybridized carbons (Fsp3) is 0.600. The van der Waals surface area contributed by atoms with E-state index >= 15 is 0 Å². The molecule has 21 heavy (non-hydrogen) atoms. The predicted molar refractivity (Wildman–Crippen MR) is 75.8 cm³/mol. The third-order valence-electron chi connectivity index (χ3n) is 2.87. The first-order valence-corrected chi connectivity index (χ1v) is 7.03. The Morgan fingerprint density at radius 2 is 2.00 bits per heavy atom. The second-order valence-corrected chi connectivity index (χ2v) is 4.72. The molecule has 0 aromatic heterocycles. The molecule has 120 valence electrons. The average molecular weight is 305 g/mol. The van der Waals surface area contributed by atoms with Gasteiger partial charge in [-0.05, 0) is 37.6 Å². The van der Waals surface area contributed by atoms with Gasteiger partial charge in [0.1, 0.15) is 11.5 Å². The van der Waals surface area contributed by atoms with Crippen LogP contribution in [0.15, 0.2) is 18.2 Å². The summed E-state index contributed by atoms with van der Waals surface area (Å²) in [5.41, 5.74) is 0.884. The number of halogens is 3. The molecule has 1 aromatic rings. The molecular weight excluding hydrogens is 283 g/mol. The van der Waals surface area contributed by atoms with Gasteiger partial charge in [0.15, 0.2) is 0 Å². The molecule has 0 bridgehead atoms. The smallest absolute Gasteiger partial charge is 0.389 e. The van der Waals surface area contributed by atoms with Crippen LogP contribution >= 0.6 is 0 Å². The van der Waals surface area contributed by atoms with Gasteiger partial charge in [-0.2, -0.15) is 13.2 Å². The summed E-state index contributed by atoms with van der Waals surface area (Å²) >= 11 is 0. The van der Waals surface area contributed by atoms with Crippen molar-refractivity contribution < 1.29 is 22.6 Å². The molecule has 0 aliphatic rings. The second kappa shape index (κ2) is 8.77. The van der Waals surface area contributed by atoms with Gasteiger partial charge in [0.2, 0.25) is 0 Å². The molecule has 6 heteroatoms. The number of methoxy groups -OCH3 is 1. The third-order valence-corrected chi connectivity index (χ3v) is 2.87. The molecule has 0 saturated heterocycles. The summed E-state index contributed by atoms with van der Waals surface area (Å²) in [7, 11) is 1.57. The largest absolute Gasteiger partial charge is 0.497 e. The van der Waals surface area contributed by atoms with Crippen molar-refractivity contribution in [2.75, 3.05) is 20.3 Å². The number of ether oxygens (including phenoxy) is 2. The van der Waals surface area contributed by atoms with Crippen molar-refractivity contribution in [3.63, 3.8) is 0 Å². The first-order chi connectivity index (χ1) is 9.96. The van der Waals surface area contributed by atoms with Crippen LogP contribution in [0.1, 0.15) is 31.7 Å². The highest BCUT2D eigenvalue weighted by Gasteiger charge is 2.26. The van der Waals surface area contributed by atoms with Gasteiger partial charge >= 0.3 is 6.18 Å². The lowest BCUT2D eigenvalue weighted by atomic mass is 10.2. The zero-order valence-corrected chi connectivity index (χ0v) is 12.4. The topological polar surface area (TPSA) is 30.5 Å². The van der Waals surface area contributed by atoms with Crippen molar-refractivity contribution in [2.45, 2.75) is 38.9 Å². The van der Waals surface area contributed by atoms with Crippen LogP contribution in [0.2, 0.25) is 0 Å². The summed E-state index contributed by atoms with van der Waals surface area (Å²) in [6.45, 7) is 3.57. The molecule has 0 fully saturated rings. The van der Waals surface area contributed by atoms with E-state index in [2.05, 4.69) is 12.2 Å². The first kappa shape index (κ1) is 17.6. The van der Waals surface area contributed by atoms with E-state index in [0.717, 1.165) is 18.5 Å². The summed E-state index contributed by atoms with van der Waals surface area (Å²) in [5.74, 6) is 1.30. The number of benzene rings is 1. The van der Waals surface area contributed by atoms with Crippen molar-refractivity contribution in [2.24, 2.45) is 0 Å². The van der Waals surface area contributed by atoms with Crippen molar-refractivity contribution in [3.8, 4) is 11.5 Å². The van der Waals surface area contributed by atoms with E-state index in [1.165, 1.54) is 0 Å². The predicted octanol–water partition coefficient (Wildman–Crippen LogP) is 3.92. The van der Waals surface area contributed by atoms with Crippen LogP contribution in [0.5, 0.6) is 11.5 Å². The molecule has 0 amide bonds. The van der Waals surface area contributed by atoms with Gasteiger partial charge in [0.05, 0.1) is 13.7 Å². The van der Waals surface area contributed by atoms with Gasteiger partial charge < -0.3 is 14.8 Å². The van der Waals surface area contributed by atoms with E-state index in [0.29, 0.717) is 18.0 Å². The Morgan fingerprint density at radius 1 is 1.24 bits per heavy atom. The highest BCUT2D eigenvalue weighted by Crippen LogP contribution is 2.25. The number of hydrogen-bond acceptors (Lipinski definition) is 3. The molecule has 0 saturated carbocycles. The molecule has 1 N–H and O–H groups in total. The average Bonchev–Trinajstić information content (AvgIpc) is 2.43. The zero-order chi connectivity index (χ0) is 15.7. The molecule has 0 spiro atoms. The zero-order valence-electron chi connectivity index (χ0n) is 12.4. The lowest BCUT2D eigenvalue weighted by Gasteiger charge is -2.14. The minimum absolute atomic E-state index is 0.0443. The Labute approximate surface area is 123 Å². The number of hydrogen-bond donors (Lipinski definition) is 1. The Bertz CT molecular complexity index is 422. The minimum Gasteiger partial charge on any atom is -0.497 e. The Morgan fingerprint density at radius 3 is 2.62 bits per heavy atom. The van der Waals surface area contributed by atoms with E-state index < -0.39 is 12.6 Å². The molecule has 1 aromatic carbocycles. The number of rotatable bonds is 9. The fourth-order valence-corrected chi connectivity index (χ4v) is 1.82. The minimum atomic E-state index is -4.13. The molecule has 0 atom stereocenters. The van der Waals surface area contributed by atoms with E-state index in [-0.39, 0.29) is 13.0 Å². The van der Waals surface area contributed by atoms with Crippen molar-refractivity contribution in [1.29, 1.82) is 0 Å². The summed E-state index contributed by atoms with van der Waals surface area (Å²) in [4.78, 5) is 0. The molecule has 0 aliphatic carbocycles. The monoisotopic (exact) mass is 305 g/mol. The van der Waals surface area contributed by atoms with Crippen molar-refractivity contribution in [1.82, 2.24) is 5.32 Å². The van der Waals surface area contributed by atoms with Crippen molar-refractivity contribution in [3.05, 3.63) is 23.8 Å². The van der Waals surface area contributed by atoms with Gasteiger partial charge in [-0.1, -0.05) is 6.92 Å². The fourth-order valence-electron chi connectivity index (χ4n) is 1.82. The van der Waals surface area contributed by atoms with Crippen LogP contribution in [0.4, 0.5) is 13.2 Å². The van der Waals surface area contributed by atoms with Crippen LogP contribution in [-0.4, -0.2) is 26.4 Å². The van der Waals surface area contributed by atoms with Crippen LogP contribution in [0, 0.1) is 0 Å². The van der Waals surface area contributed by atoms with E-state index in [1.54, 1.807) is 19.2 Å². The lowest BCUT2D eigenvalue weighted by Crippen LogP contribution is -2.15. The van der Waals surface area contributed by atoms with E-state index in [9.17, 15) is 13.2 Å². The van der Waals surface area contributed by atoms with Gasteiger partial charge in [-0.3, -0.25) is 0 Å². The quantitative estimate of drug-likeness (QED) is 0.702. The molecule has 1 rings (SSSR count). The van der Waals surface area contributed by atoms with E-state index in [1.807, 2.05) is 6.07 Å².